The maximum absolute atomic E-state index is 11.9. The normalized spacial score (nSPS) is 24.6. The number of ether oxygens (including phenoxy) is 1. The molecule has 1 aliphatic heterocycles. The Labute approximate surface area is 101 Å². The van der Waals surface area contributed by atoms with Crippen LogP contribution in [0.3, 0.4) is 0 Å². The number of nitrogens with zero attached hydrogens (tertiary/aromatic N) is 2. The summed E-state index contributed by atoms with van der Waals surface area (Å²) in [5.41, 5.74) is -0.594. The Morgan fingerprint density at radius 3 is 2.59 bits per heavy atom. The topological polar surface area (TPSA) is 70.4 Å². The number of ketones is 1. The average Bonchev–Trinajstić information content (AvgIpc) is 2.52. The smallest absolute Gasteiger partial charge is 0.410 e. The van der Waals surface area contributed by atoms with Gasteiger partial charge in [-0.3, -0.25) is 9.69 Å². The Hall–Kier alpha value is -1.57. The van der Waals surface area contributed by atoms with Gasteiger partial charge in [0.05, 0.1) is 12.1 Å². The van der Waals surface area contributed by atoms with Crippen molar-refractivity contribution in [3.8, 4) is 6.07 Å². The number of likely N-dealkylation sites (tertiary alicyclic amines) is 1. The average molecular weight is 238 g/mol. The van der Waals surface area contributed by atoms with Crippen molar-refractivity contribution in [1.29, 1.82) is 5.26 Å². The van der Waals surface area contributed by atoms with Gasteiger partial charge in [0, 0.05) is 6.54 Å². The van der Waals surface area contributed by atoms with E-state index >= 15 is 0 Å². The zero-order chi connectivity index (χ0) is 13.2. The van der Waals surface area contributed by atoms with Crippen LogP contribution in [0.1, 0.15) is 34.1 Å². The fraction of sp³-hybridized carbons (Fsp3) is 0.750. The molecule has 0 saturated carbocycles. The monoisotopic (exact) mass is 238 g/mol. The van der Waals surface area contributed by atoms with E-state index in [0.29, 0.717) is 6.42 Å². The lowest BCUT2D eigenvalue weighted by Crippen LogP contribution is -2.41. The van der Waals surface area contributed by atoms with Crippen molar-refractivity contribution in [1.82, 2.24) is 4.90 Å². The molecular weight excluding hydrogens is 220 g/mol. The molecule has 0 spiro atoms. The lowest BCUT2D eigenvalue weighted by molar-refractivity contribution is -0.121. The van der Waals surface area contributed by atoms with E-state index < -0.39 is 23.7 Å². The number of rotatable bonds is 1. The SMILES string of the molecule is CC[C@@H]1C(=O)[C@@H](C#N)CN1C(=O)OC(C)(C)C. The predicted molar refractivity (Wildman–Crippen MR) is 61.1 cm³/mol. The molecule has 2 atom stereocenters. The standard InChI is InChI=1S/C12H18N2O3/c1-5-9-10(15)8(6-13)7-14(9)11(16)17-12(2,3)4/h8-9H,5,7H2,1-4H3/t8-,9+/m0/s1. The Morgan fingerprint density at radius 1 is 1.59 bits per heavy atom. The number of nitriles is 1. The van der Waals surface area contributed by atoms with Crippen LogP contribution < -0.4 is 0 Å². The van der Waals surface area contributed by atoms with Gasteiger partial charge in [-0.2, -0.15) is 5.26 Å². The first-order chi connectivity index (χ1) is 7.80. The van der Waals surface area contributed by atoms with E-state index in [0.717, 1.165) is 0 Å². The van der Waals surface area contributed by atoms with Crippen LogP contribution in [0.4, 0.5) is 4.79 Å². The van der Waals surface area contributed by atoms with E-state index in [1.165, 1.54) is 4.90 Å². The summed E-state index contributed by atoms with van der Waals surface area (Å²) in [5, 5.41) is 8.83. The molecule has 1 saturated heterocycles. The van der Waals surface area contributed by atoms with Crippen molar-refractivity contribution in [2.45, 2.75) is 45.8 Å². The number of hydrogen-bond acceptors (Lipinski definition) is 4. The molecule has 5 nitrogen and oxygen atoms in total. The third kappa shape index (κ3) is 2.96. The van der Waals surface area contributed by atoms with Crippen LogP contribution in [0.2, 0.25) is 0 Å². The first-order valence-electron chi connectivity index (χ1n) is 5.73. The van der Waals surface area contributed by atoms with E-state index in [-0.39, 0.29) is 12.3 Å². The fourth-order valence-corrected chi connectivity index (χ4v) is 1.85. The predicted octanol–water partition coefficient (Wildman–Crippen LogP) is 1.72. The summed E-state index contributed by atoms with van der Waals surface area (Å²) in [5.74, 6) is -0.895. The fourth-order valence-electron chi connectivity index (χ4n) is 1.85. The summed E-state index contributed by atoms with van der Waals surface area (Å²) in [7, 11) is 0. The highest BCUT2D eigenvalue weighted by atomic mass is 16.6. The summed E-state index contributed by atoms with van der Waals surface area (Å²) in [6.45, 7) is 7.27. The third-order valence-electron chi connectivity index (χ3n) is 2.60. The summed E-state index contributed by atoms with van der Waals surface area (Å²) >= 11 is 0. The Morgan fingerprint density at radius 2 is 2.18 bits per heavy atom. The molecule has 17 heavy (non-hydrogen) atoms. The summed E-state index contributed by atoms with van der Waals surface area (Å²) in [4.78, 5) is 25.0. The Balaban J connectivity index is 2.81. The first kappa shape index (κ1) is 13.5. The van der Waals surface area contributed by atoms with Crippen molar-refractivity contribution in [2.75, 3.05) is 6.54 Å². The van der Waals surface area contributed by atoms with Crippen LogP contribution in [0.5, 0.6) is 0 Å². The molecule has 1 rings (SSSR count). The highest BCUT2D eigenvalue weighted by molar-refractivity contribution is 5.94. The molecule has 94 valence electrons. The van der Waals surface area contributed by atoms with Gasteiger partial charge in [0.15, 0.2) is 5.78 Å². The Kier molecular flexibility index (Phi) is 3.76. The van der Waals surface area contributed by atoms with Crippen molar-refractivity contribution >= 4 is 11.9 Å². The zero-order valence-electron chi connectivity index (χ0n) is 10.7. The van der Waals surface area contributed by atoms with E-state index in [9.17, 15) is 9.59 Å². The largest absolute Gasteiger partial charge is 0.444 e. The quantitative estimate of drug-likeness (QED) is 0.697. The molecular formula is C12H18N2O3. The van der Waals surface area contributed by atoms with Crippen LogP contribution in [0.25, 0.3) is 0 Å². The molecule has 0 N–H and O–H groups in total. The lowest BCUT2D eigenvalue weighted by Gasteiger charge is -2.27. The van der Waals surface area contributed by atoms with E-state index in [1.54, 1.807) is 20.8 Å². The number of amides is 1. The summed E-state index contributed by atoms with van der Waals surface area (Å²) < 4.78 is 5.22. The highest BCUT2D eigenvalue weighted by Crippen LogP contribution is 2.23. The van der Waals surface area contributed by atoms with Crippen molar-refractivity contribution < 1.29 is 14.3 Å². The molecule has 0 aromatic carbocycles. The van der Waals surface area contributed by atoms with Gasteiger partial charge in [-0.25, -0.2) is 4.79 Å². The van der Waals surface area contributed by atoms with E-state index in [2.05, 4.69) is 0 Å². The molecule has 0 aliphatic carbocycles. The summed E-state index contributed by atoms with van der Waals surface area (Å²) in [6.07, 6.45) is -0.00793. The molecule has 0 radical (unpaired) electrons. The molecule has 0 aromatic rings. The minimum absolute atomic E-state index is 0.142. The van der Waals surface area contributed by atoms with Gasteiger partial charge >= 0.3 is 6.09 Å². The van der Waals surface area contributed by atoms with E-state index in [4.69, 9.17) is 10.00 Å². The first-order valence-corrected chi connectivity index (χ1v) is 5.73. The van der Waals surface area contributed by atoms with Crippen LogP contribution in [-0.4, -0.2) is 35.0 Å². The van der Waals surface area contributed by atoms with Gasteiger partial charge in [0.1, 0.15) is 11.5 Å². The second kappa shape index (κ2) is 4.74. The minimum atomic E-state index is -0.715. The van der Waals surface area contributed by atoms with Crippen molar-refractivity contribution in [2.24, 2.45) is 5.92 Å². The van der Waals surface area contributed by atoms with Crippen LogP contribution in [0.15, 0.2) is 0 Å². The lowest BCUT2D eigenvalue weighted by atomic mass is 10.0. The molecule has 1 fully saturated rings. The number of hydrogen-bond donors (Lipinski definition) is 0. The molecule has 5 heteroatoms. The van der Waals surface area contributed by atoms with Crippen LogP contribution in [-0.2, 0) is 9.53 Å². The molecule has 1 heterocycles. The zero-order valence-corrected chi connectivity index (χ0v) is 10.7. The van der Waals surface area contributed by atoms with Gasteiger partial charge in [0.25, 0.3) is 0 Å². The van der Waals surface area contributed by atoms with Crippen molar-refractivity contribution in [3.05, 3.63) is 0 Å². The van der Waals surface area contributed by atoms with Crippen LogP contribution >= 0.6 is 0 Å². The second-order valence-electron chi connectivity index (χ2n) is 5.14. The molecule has 0 bridgehead atoms. The minimum Gasteiger partial charge on any atom is -0.444 e. The van der Waals surface area contributed by atoms with Gasteiger partial charge in [0.2, 0.25) is 0 Å². The van der Waals surface area contributed by atoms with Crippen molar-refractivity contribution in [3.63, 3.8) is 0 Å². The number of carbonyl (C=O) groups excluding carboxylic acids is 2. The van der Waals surface area contributed by atoms with Gasteiger partial charge in [-0.15, -0.1) is 0 Å². The highest BCUT2D eigenvalue weighted by Gasteiger charge is 2.43. The molecule has 1 aliphatic rings. The Bertz CT molecular complexity index is 365. The number of Topliss-reactive ketones (excluding diaryl/α,β-unsaturated/α-hetero) is 1. The van der Waals surface area contributed by atoms with Gasteiger partial charge in [-0.05, 0) is 27.2 Å². The third-order valence-corrected chi connectivity index (χ3v) is 2.60. The maximum atomic E-state index is 11.9. The van der Waals surface area contributed by atoms with Crippen LogP contribution in [0, 0.1) is 17.2 Å². The maximum Gasteiger partial charge on any atom is 0.410 e. The molecule has 0 unspecified atom stereocenters. The van der Waals surface area contributed by atoms with Gasteiger partial charge < -0.3 is 4.74 Å². The van der Waals surface area contributed by atoms with Gasteiger partial charge in [-0.1, -0.05) is 6.92 Å². The second-order valence-corrected chi connectivity index (χ2v) is 5.14. The molecule has 0 aromatic heterocycles. The number of carbonyl (C=O) groups is 2. The van der Waals surface area contributed by atoms with E-state index in [1.807, 2.05) is 13.0 Å². The molecule has 1 amide bonds. The summed E-state index contributed by atoms with van der Waals surface area (Å²) in [6, 6.07) is 1.41.